The number of benzene rings is 1. The van der Waals surface area contributed by atoms with Crippen LogP contribution in [0.25, 0.3) is 0 Å². The van der Waals surface area contributed by atoms with E-state index in [2.05, 4.69) is 0 Å². The number of amides is 1. The van der Waals surface area contributed by atoms with Gasteiger partial charge < -0.3 is 4.90 Å². The summed E-state index contributed by atoms with van der Waals surface area (Å²) in [5.41, 5.74) is 0.399. The van der Waals surface area contributed by atoms with E-state index in [0.717, 1.165) is 25.7 Å². The number of carbonyl (C=O) groups excluding carboxylic acids is 1. The second-order valence-corrected chi connectivity index (χ2v) is 7.48. The zero-order valence-corrected chi connectivity index (χ0v) is 13.4. The second-order valence-electron chi connectivity index (χ2n) is 5.55. The first-order valence-electron chi connectivity index (χ1n) is 7.25. The fourth-order valence-electron chi connectivity index (χ4n) is 2.48. The molecule has 0 aromatic heterocycles. The lowest BCUT2D eigenvalue weighted by atomic mass is 10.2. The van der Waals surface area contributed by atoms with E-state index in [-0.39, 0.29) is 10.8 Å². The Bertz CT molecular complexity index is 603. The van der Waals surface area contributed by atoms with Gasteiger partial charge in [0.05, 0.1) is 4.90 Å². The first-order chi connectivity index (χ1) is 9.93. The SMILES string of the molecule is CN(C)C(=O)c1cccc(S(=O)(=O)N2CCCCCC2)c1. The fourth-order valence-corrected chi connectivity index (χ4v) is 4.04. The van der Waals surface area contributed by atoms with Crippen LogP contribution in [-0.2, 0) is 10.0 Å². The minimum absolute atomic E-state index is 0.192. The lowest BCUT2D eigenvalue weighted by Crippen LogP contribution is -2.32. The van der Waals surface area contributed by atoms with Crippen molar-refractivity contribution in [3.05, 3.63) is 29.8 Å². The van der Waals surface area contributed by atoms with Crippen molar-refractivity contribution in [2.24, 2.45) is 0 Å². The van der Waals surface area contributed by atoms with Gasteiger partial charge in [0.15, 0.2) is 0 Å². The summed E-state index contributed by atoms with van der Waals surface area (Å²) in [5.74, 6) is -0.192. The molecule has 0 saturated carbocycles. The number of rotatable bonds is 3. The molecule has 6 heteroatoms. The second kappa shape index (κ2) is 6.58. The maximum Gasteiger partial charge on any atom is 0.253 e. The molecule has 1 aliphatic rings. The molecule has 1 heterocycles. The topological polar surface area (TPSA) is 57.7 Å². The Kier molecular flexibility index (Phi) is 5.00. The van der Waals surface area contributed by atoms with Gasteiger partial charge in [0, 0.05) is 32.7 Å². The van der Waals surface area contributed by atoms with E-state index in [9.17, 15) is 13.2 Å². The highest BCUT2D eigenvalue weighted by molar-refractivity contribution is 7.89. The Morgan fingerprint density at radius 1 is 1.10 bits per heavy atom. The molecule has 2 rings (SSSR count). The predicted octanol–water partition coefficient (Wildman–Crippen LogP) is 1.95. The molecule has 0 atom stereocenters. The molecule has 1 saturated heterocycles. The van der Waals surface area contributed by atoms with Crippen LogP contribution in [0, 0.1) is 0 Å². The van der Waals surface area contributed by atoms with Gasteiger partial charge in [0.2, 0.25) is 10.0 Å². The summed E-state index contributed by atoms with van der Waals surface area (Å²) in [6.45, 7) is 1.13. The molecule has 21 heavy (non-hydrogen) atoms. The Labute approximate surface area is 126 Å². The minimum Gasteiger partial charge on any atom is -0.345 e. The van der Waals surface area contributed by atoms with Gasteiger partial charge in [-0.15, -0.1) is 0 Å². The fraction of sp³-hybridized carbons (Fsp3) is 0.533. The van der Waals surface area contributed by atoms with Crippen molar-refractivity contribution in [1.82, 2.24) is 9.21 Å². The molecule has 1 amide bonds. The van der Waals surface area contributed by atoms with Gasteiger partial charge in [0.25, 0.3) is 5.91 Å². The molecule has 0 aliphatic carbocycles. The maximum absolute atomic E-state index is 12.7. The third-order valence-corrected chi connectivity index (χ3v) is 5.58. The molecule has 1 fully saturated rings. The zero-order valence-electron chi connectivity index (χ0n) is 12.6. The number of nitrogens with zero attached hydrogens (tertiary/aromatic N) is 2. The number of sulfonamides is 1. The van der Waals surface area contributed by atoms with Gasteiger partial charge in [-0.3, -0.25) is 4.79 Å². The van der Waals surface area contributed by atoms with Crippen LogP contribution in [0.3, 0.4) is 0 Å². The van der Waals surface area contributed by atoms with Crippen LogP contribution in [0.5, 0.6) is 0 Å². The number of hydrogen-bond donors (Lipinski definition) is 0. The molecule has 0 N–H and O–H groups in total. The quantitative estimate of drug-likeness (QED) is 0.857. The van der Waals surface area contributed by atoms with Gasteiger partial charge in [-0.1, -0.05) is 18.9 Å². The monoisotopic (exact) mass is 310 g/mol. The van der Waals surface area contributed by atoms with E-state index in [1.165, 1.54) is 11.0 Å². The molecule has 0 bridgehead atoms. The molecule has 0 unspecified atom stereocenters. The van der Waals surface area contributed by atoms with Gasteiger partial charge in [-0.25, -0.2) is 8.42 Å². The third-order valence-electron chi connectivity index (χ3n) is 3.69. The van der Waals surface area contributed by atoms with Crippen LogP contribution in [0.2, 0.25) is 0 Å². The molecule has 1 aromatic carbocycles. The van der Waals surface area contributed by atoms with Crippen LogP contribution in [0.4, 0.5) is 0 Å². The molecule has 0 spiro atoms. The first kappa shape index (κ1) is 16.0. The lowest BCUT2D eigenvalue weighted by molar-refractivity contribution is 0.0827. The van der Waals surface area contributed by atoms with E-state index < -0.39 is 10.0 Å². The van der Waals surface area contributed by atoms with Crippen molar-refractivity contribution >= 4 is 15.9 Å². The lowest BCUT2D eigenvalue weighted by Gasteiger charge is -2.20. The molecular formula is C15H22N2O3S. The van der Waals surface area contributed by atoms with Crippen molar-refractivity contribution in [1.29, 1.82) is 0 Å². The summed E-state index contributed by atoms with van der Waals surface area (Å²) in [6.07, 6.45) is 3.95. The van der Waals surface area contributed by atoms with Gasteiger partial charge >= 0.3 is 0 Å². The van der Waals surface area contributed by atoms with Crippen molar-refractivity contribution in [3.63, 3.8) is 0 Å². The van der Waals surface area contributed by atoms with Crippen molar-refractivity contribution in [3.8, 4) is 0 Å². The molecule has 1 aliphatic heterocycles. The summed E-state index contributed by atoms with van der Waals surface area (Å²) < 4.78 is 26.9. The highest BCUT2D eigenvalue weighted by Crippen LogP contribution is 2.21. The van der Waals surface area contributed by atoms with E-state index in [4.69, 9.17) is 0 Å². The van der Waals surface area contributed by atoms with Crippen LogP contribution >= 0.6 is 0 Å². The molecule has 5 nitrogen and oxygen atoms in total. The minimum atomic E-state index is -3.50. The maximum atomic E-state index is 12.7. The smallest absolute Gasteiger partial charge is 0.253 e. The van der Waals surface area contributed by atoms with Gasteiger partial charge in [-0.2, -0.15) is 4.31 Å². The Morgan fingerprint density at radius 2 is 1.71 bits per heavy atom. The van der Waals surface area contributed by atoms with E-state index in [1.54, 1.807) is 36.6 Å². The standard InChI is InChI=1S/C15H22N2O3S/c1-16(2)15(18)13-8-7-9-14(12-13)21(19,20)17-10-5-3-4-6-11-17/h7-9,12H,3-6,10-11H2,1-2H3. The Morgan fingerprint density at radius 3 is 2.29 bits per heavy atom. The van der Waals surface area contributed by atoms with Crippen molar-refractivity contribution in [2.75, 3.05) is 27.2 Å². The van der Waals surface area contributed by atoms with E-state index >= 15 is 0 Å². The van der Waals surface area contributed by atoms with Gasteiger partial charge in [-0.05, 0) is 31.0 Å². The molecule has 0 radical (unpaired) electrons. The van der Waals surface area contributed by atoms with Crippen molar-refractivity contribution < 1.29 is 13.2 Å². The van der Waals surface area contributed by atoms with Crippen molar-refractivity contribution in [2.45, 2.75) is 30.6 Å². The largest absolute Gasteiger partial charge is 0.345 e. The number of hydrogen-bond acceptors (Lipinski definition) is 3. The average molecular weight is 310 g/mol. The zero-order chi connectivity index (χ0) is 15.5. The summed E-state index contributed by atoms with van der Waals surface area (Å²) in [7, 11) is -0.202. The van der Waals surface area contributed by atoms with Crippen LogP contribution in [-0.4, -0.2) is 50.7 Å². The summed E-state index contributed by atoms with van der Waals surface area (Å²) in [4.78, 5) is 13.6. The van der Waals surface area contributed by atoms with E-state index in [1.807, 2.05) is 0 Å². The van der Waals surface area contributed by atoms with Crippen LogP contribution < -0.4 is 0 Å². The Balaban J connectivity index is 2.31. The summed E-state index contributed by atoms with van der Waals surface area (Å²) in [6, 6.07) is 6.31. The number of carbonyl (C=O) groups is 1. The molecule has 116 valence electrons. The summed E-state index contributed by atoms with van der Waals surface area (Å²) >= 11 is 0. The predicted molar refractivity (Wildman–Crippen MR) is 81.7 cm³/mol. The third kappa shape index (κ3) is 3.63. The molecular weight excluding hydrogens is 288 g/mol. The highest BCUT2D eigenvalue weighted by atomic mass is 32.2. The van der Waals surface area contributed by atoms with E-state index in [0.29, 0.717) is 18.7 Å². The highest BCUT2D eigenvalue weighted by Gasteiger charge is 2.25. The van der Waals surface area contributed by atoms with Crippen LogP contribution in [0.1, 0.15) is 36.0 Å². The average Bonchev–Trinajstić information content (AvgIpc) is 2.76. The molecule has 1 aromatic rings. The van der Waals surface area contributed by atoms with Gasteiger partial charge in [0.1, 0.15) is 0 Å². The van der Waals surface area contributed by atoms with Crippen LogP contribution in [0.15, 0.2) is 29.2 Å². The summed E-state index contributed by atoms with van der Waals surface area (Å²) in [5, 5.41) is 0. The Hall–Kier alpha value is -1.40. The first-order valence-corrected chi connectivity index (χ1v) is 8.69. The normalized spacial score (nSPS) is 17.2.